The third-order valence-electron chi connectivity index (χ3n) is 6.11. The Morgan fingerprint density at radius 1 is 1.30 bits per heavy atom. The number of esters is 1. The Labute approximate surface area is 170 Å². The van der Waals surface area contributed by atoms with Gasteiger partial charge in [0.05, 0.1) is 6.61 Å². The Morgan fingerprint density at radius 3 is 2.78 bits per heavy atom. The van der Waals surface area contributed by atoms with Crippen molar-refractivity contribution in [2.24, 2.45) is 17.8 Å². The summed E-state index contributed by atoms with van der Waals surface area (Å²) in [5.41, 5.74) is 0.494. The first-order valence-electron chi connectivity index (χ1n) is 10.3. The van der Waals surface area contributed by atoms with Crippen LogP contribution in [0.3, 0.4) is 0 Å². The normalized spacial score (nSPS) is 24.0. The maximum Gasteiger partial charge on any atom is 0.341 e. The highest BCUT2D eigenvalue weighted by molar-refractivity contribution is 9.10. The van der Waals surface area contributed by atoms with E-state index in [1.54, 1.807) is 12.3 Å². The molecule has 0 bridgehead atoms. The lowest BCUT2D eigenvalue weighted by Gasteiger charge is -2.40. The lowest BCUT2D eigenvalue weighted by atomic mass is 9.75. The van der Waals surface area contributed by atoms with Gasteiger partial charge in [0.2, 0.25) is 0 Å². The number of anilines is 1. The molecule has 150 valence electrons. The van der Waals surface area contributed by atoms with Gasteiger partial charge in [0.15, 0.2) is 0 Å². The van der Waals surface area contributed by atoms with Crippen LogP contribution in [0.4, 0.5) is 5.82 Å². The number of pyridine rings is 1. The van der Waals surface area contributed by atoms with Crippen molar-refractivity contribution in [2.45, 2.75) is 51.9 Å². The summed E-state index contributed by atoms with van der Waals surface area (Å²) in [6, 6.07) is 1.78. The van der Waals surface area contributed by atoms with Crippen LogP contribution in [0.15, 0.2) is 16.7 Å². The average Bonchev–Trinajstić information content (AvgIpc) is 2.69. The average molecular weight is 439 g/mol. The first kappa shape index (κ1) is 20.6. The van der Waals surface area contributed by atoms with Gasteiger partial charge in [-0.15, -0.1) is 0 Å². The Bertz CT molecular complexity index is 634. The summed E-state index contributed by atoms with van der Waals surface area (Å²) < 4.78 is 5.98. The summed E-state index contributed by atoms with van der Waals surface area (Å²) in [5.74, 6) is 1.96. The number of carbonyl (C=O) groups excluding carboxylic acids is 1. The fourth-order valence-corrected chi connectivity index (χ4v) is 5.02. The van der Waals surface area contributed by atoms with E-state index >= 15 is 0 Å². The lowest BCUT2D eigenvalue weighted by molar-refractivity contribution is 0.0526. The van der Waals surface area contributed by atoms with E-state index in [1.165, 1.54) is 38.5 Å². The molecule has 2 fully saturated rings. The third-order valence-corrected chi connectivity index (χ3v) is 6.55. The monoisotopic (exact) mass is 438 g/mol. The van der Waals surface area contributed by atoms with Gasteiger partial charge < -0.3 is 14.7 Å². The van der Waals surface area contributed by atoms with Crippen LogP contribution in [0, 0.1) is 17.8 Å². The van der Waals surface area contributed by atoms with Gasteiger partial charge in [-0.3, -0.25) is 0 Å². The standard InChI is InChI=1S/C21H31BrN2O3/c1-2-27-21(26)19-11-18(22)12-23-20(19)24-9-8-16(17(13-24)14-25)10-15-6-4-3-5-7-15/h11-12,15-17,25H,2-10,13-14H2,1H3. The second kappa shape index (κ2) is 9.87. The van der Waals surface area contributed by atoms with E-state index < -0.39 is 0 Å². The van der Waals surface area contributed by atoms with Gasteiger partial charge in [-0.2, -0.15) is 0 Å². The number of nitrogens with zero attached hydrogens (tertiary/aromatic N) is 2. The van der Waals surface area contributed by atoms with Gasteiger partial charge in [-0.25, -0.2) is 9.78 Å². The molecule has 2 atom stereocenters. The summed E-state index contributed by atoms with van der Waals surface area (Å²) in [6.45, 7) is 3.96. The zero-order valence-corrected chi connectivity index (χ0v) is 17.8. The Kier molecular flexibility index (Phi) is 7.53. The first-order chi connectivity index (χ1) is 13.1. The molecule has 1 saturated heterocycles. The van der Waals surface area contributed by atoms with E-state index in [9.17, 15) is 9.90 Å². The number of aliphatic hydroxyl groups excluding tert-OH is 1. The van der Waals surface area contributed by atoms with Crippen molar-refractivity contribution in [2.75, 3.05) is 31.2 Å². The van der Waals surface area contributed by atoms with Crippen molar-refractivity contribution in [3.05, 3.63) is 22.3 Å². The molecule has 1 aromatic rings. The summed E-state index contributed by atoms with van der Waals surface area (Å²) in [5, 5.41) is 10.0. The maximum absolute atomic E-state index is 12.4. The van der Waals surface area contributed by atoms with Crippen molar-refractivity contribution in [1.29, 1.82) is 0 Å². The number of aromatic nitrogens is 1. The summed E-state index contributed by atoms with van der Waals surface area (Å²) in [4.78, 5) is 19.0. The molecule has 2 unspecified atom stereocenters. The molecule has 3 rings (SSSR count). The van der Waals surface area contributed by atoms with Gasteiger partial charge in [0.1, 0.15) is 11.4 Å². The number of ether oxygens (including phenoxy) is 1. The van der Waals surface area contributed by atoms with Crippen LogP contribution in [0.1, 0.15) is 62.2 Å². The zero-order chi connectivity index (χ0) is 19.2. The fraction of sp³-hybridized carbons (Fsp3) is 0.714. The van der Waals surface area contributed by atoms with Crippen LogP contribution >= 0.6 is 15.9 Å². The Morgan fingerprint density at radius 2 is 2.07 bits per heavy atom. The molecule has 1 N–H and O–H groups in total. The zero-order valence-electron chi connectivity index (χ0n) is 16.2. The highest BCUT2D eigenvalue weighted by Gasteiger charge is 2.33. The smallest absolute Gasteiger partial charge is 0.341 e. The van der Waals surface area contributed by atoms with Crippen LogP contribution in [-0.4, -0.2) is 42.4 Å². The maximum atomic E-state index is 12.4. The molecular weight excluding hydrogens is 408 g/mol. The predicted molar refractivity (Wildman–Crippen MR) is 110 cm³/mol. The van der Waals surface area contributed by atoms with Crippen LogP contribution in [-0.2, 0) is 4.74 Å². The molecule has 0 aromatic carbocycles. The summed E-state index contributed by atoms with van der Waals surface area (Å²) in [7, 11) is 0. The second-order valence-corrected chi connectivity index (χ2v) is 8.84. The van der Waals surface area contributed by atoms with Crippen LogP contribution in [0.25, 0.3) is 0 Å². The molecule has 2 heterocycles. The van der Waals surface area contributed by atoms with Crippen molar-refractivity contribution in [1.82, 2.24) is 4.98 Å². The highest BCUT2D eigenvalue weighted by atomic mass is 79.9. The Hall–Kier alpha value is -1.14. The molecular formula is C21H31BrN2O3. The summed E-state index contributed by atoms with van der Waals surface area (Å²) in [6.07, 6.45) is 10.8. The molecule has 0 spiro atoms. The SMILES string of the molecule is CCOC(=O)c1cc(Br)cnc1N1CCC(CC2CCCCC2)C(CO)C1. The third kappa shape index (κ3) is 5.23. The predicted octanol–water partition coefficient (Wildman–Crippen LogP) is 4.43. The van der Waals surface area contributed by atoms with Crippen molar-refractivity contribution < 1.29 is 14.6 Å². The summed E-state index contributed by atoms with van der Waals surface area (Å²) >= 11 is 3.40. The number of aliphatic hydroxyl groups is 1. The number of rotatable bonds is 6. The number of halogens is 1. The number of piperidine rings is 1. The van der Waals surface area contributed by atoms with Crippen molar-refractivity contribution in [3.63, 3.8) is 0 Å². The molecule has 1 saturated carbocycles. The number of hydrogen-bond acceptors (Lipinski definition) is 5. The molecule has 27 heavy (non-hydrogen) atoms. The van der Waals surface area contributed by atoms with E-state index in [1.807, 2.05) is 6.92 Å². The topological polar surface area (TPSA) is 62.7 Å². The quantitative estimate of drug-likeness (QED) is 0.665. The van der Waals surface area contributed by atoms with Crippen LogP contribution in [0.5, 0.6) is 0 Å². The first-order valence-corrected chi connectivity index (χ1v) is 11.1. The number of carbonyl (C=O) groups is 1. The van der Waals surface area contributed by atoms with Gasteiger partial charge in [-0.1, -0.05) is 32.1 Å². The Balaban J connectivity index is 1.71. The minimum Gasteiger partial charge on any atom is -0.462 e. The molecule has 6 heteroatoms. The largest absolute Gasteiger partial charge is 0.462 e. The molecule has 1 aliphatic heterocycles. The van der Waals surface area contributed by atoms with Crippen molar-refractivity contribution >= 4 is 27.7 Å². The molecule has 1 aliphatic carbocycles. The van der Waals surface area contributed by atoms with Crippen LogP contribution < -0.4 is 4.90 Å². The van der Waals surface area contributed by atoms with Gasteiger partial charge in [0, 0.05) is 36.3 Å². The minimum atomic E-state index is -0.342. The number of hydrogen-bond donors (Lipinski definition) is 1. The van der Waals surface area contributed by atoms with Gasteiger partial charge in [-0.05, 0) is 53.6 Å². The minimum absolute atomic E-state index is 0.194. The molecule has 0 radical (unpaired) electrons. The molecule has 1 aromatic heterocycles. The highest BCUT2D eigenvalue weighted by Crippen LogP contribution is 2.37. The van der Waals surface area contributed by atoms with E-state index in [4.69, 9.17) is 4.74 Å². The fourth-order valence-electron chi connectivity index (χ4n) is 4.68. The van der Waals surface area contributed by atoms with Crippen LogP contribution in [0.2, 0.25) is 0 Å². The van der Waals surface area contributed by atoms with Gasteiger partial charge in [0.25, 0.3) is 0 Å². The second-order valence-electron chi connectivity index (χ2n) is 7.92. The lowest BCUT2D eigenvalue weighted by Crippen LogP contribution is -2.43. The van der Waals surface area contributed by atoms with E-state index in [0.717, 1.165) is 29.9 Å². The molecule has 5 nitrogen and oxygen atoms in total. The van der Waals surface area contributed by atoms with Gasteiger partial charge >= 0.3 is 5.97 Å². The molecule has 2 aliphatic rings. The van der Waals surface area contributed by atoms with E-state index in [0.29, 0.717) is 23.9 Å². The van der Waals surface area contributed by atoms with E-state index in [2.05, 4.69) is 25.8 Å². The van der Waals surface area contributed by atoms with E-state index in [-0.39, 0.29) is 18.5 Å². The molecule has 0 amide bonds. The van der Waals surface area contributed by atoms with Crippen molar-refractivity contribution in [3.8, 4) is 0 Å².